The van der Waals surface area contributed by atoms with Crippen molar-refractivity contribution >= 4 is 23.3 Å². The van der Waals surface area contributed by atoms with E-state index < -0.39 is 12.1 Å². The molecule has 0 aliphatic carbocycles. The number of carbonyl (C=O) groups excluding carboxylic acids is 3. The van der Waals surface area contributed by atoms with E-state index in [0.29, 0.717) is 0 Å². The second-order valence-electron chi connectivity index (χ2n) is 4.74. The van der Waals surface area contributed by atoms with E-state index in [2.05, 4.69) is 0 Å². The van der Waals surface area contributed by atoms with Crippen molar-refractivity contribution in [3.05, 3.63) is 11.4 Å². The summed E-state index contributed by atoms with van der Waals surface area (Å²) < 4.78 is 0. The predicted octanol–water partition coefficient (Wildman–Crippen LogP) is 0.0132. The summed E-state index contributed by atoms with van der Waals surface area (Å²) in [6, 6.07) is 0. The zero-order valence-electron chi connectivity index (χ0n) is 12.0. The fourth-order valence-corrected chi connectivity index (χ4v) is 2.48. The number of hydrogen-bond donors (Lipinski definition) is 1. The Morgan fingerprint density at radius 1 is 1.05 bits per heavy atom. The summed E-state index contributed by atoms with van der Waals surface area (Å²) in [5.41, 5.74) is 0.268. The molecule has 0 spiro atoms. The maximum absolute atomic E-state index is 11.8. The lowest BCUT2D eigenvalue weighted by Crippen LogP contribution is -2.45. The van der Waals surface area contributed by atoms with Gasteiger partial charge in [-0.1, -0.05) is 0 Å². The van der Waals surface area contributed by atoms with Crippen LogP contribution in [0.4, 0.5) is 0 Å². The first kappa shape index (κ1) is 15.9. The van der Waals surface area contributed by atoms with Gasteiger partial charge < -0.3 is 14.9 Å². The molecule has 1 rings (SSSR count). The van der Waals surface area contributed by atoms with Crippen LogP contribution in [-0.4, -0.2) is 58.0 Å². The monoisotopic (exact) mass is 282 g/mol. The number of carbonyl (C=O) groups is 4. The van der Waals surface area contributed by atoms with Crippen LogP contribution in [0.25, 0.3) is 0 Å². The molecule has 1 unspecified atom stereocenters. The first-order valence-corrected chi connectivity index (χ1v) is 6.16. The quantitative estimate of drug-likeness (QED) is 0.733. The normalized spacial score (nSPS) is 18.5. The Hall–Kier alpha value is -2.18. The highest BCUT2D eigenvalue weighted by Crippen LogP contribution is 2.30. The van der Waals surface area contributed by atoms with Gasteiger partial charge in [0.2, 0.25) is 0 Å². The third-order valence-corrected chi connectivity index (χ3v) is 3.12. The zero-order chi connectivity index (χ0) is 15.6. The Bertz CT molecular complexity index is 509. The Kier molecular flexibility index (Phi) is 4.65. The van der Waals surface area contributed by atoms with Gasteiger partial charge in [-0.15, -0.1) is 0 Å². The SMILES string of the molecule is CC(=O)C1=C(C(C)=O)N(CCC(=O)O)C(C(C)=O)N1C. The van der Waals surface area contributed by atoms with Gasteiger partial charge in [0.1, 0.15) is 11.4 Å². The standard InChI is InChI=1S/C13H18N2O5/c1-7(16)11-12(8(2)17)15(6-5-10(19)20)13(9(3)18)14(11)4/h13H,5-6H2,1-4H3,(H,19,20). The average molecular weight is 282 g/mol. The van der Waals surface area contributed by atoms with Crippen LogP contribution in [0.15, 0.2) is 11.4 Å². The van der Waals surface area contributed by atoms with Crippen LogP contribution in [0.1, 0.15) is 27.2 Å². The smallest absolute Gasteiger partial charge is 0.305 e. The average Bonchev–Trinajstić information content (AvgIpc) is 2.59. The van der Waals surface area contributed by atoms with E-state index in [9.17, 15) is 19.2 Å². The lowest BCUT2D eigenvalue weighted by Gasteiger charge is -2.29. The second kappa shape index (κ2) is 5.85. The van der Waals surface area contributed by atoms with Crippen molar-refractivity contribution < 1.29 is 24.3 Å². The molecule has 7 heteroatoms. The first-order valence-electron chi connectivity index (χ1n) is 6.16. The van der Waals surface area contributed by atoms with Crippen molar-refractivity contribution in [1.29, 1.82) is 0 Å². The number of ketones is 3. The molecule has 0 amide bonds. The number of carboxylic acid groups (broad SMARTS) is 1. The number of nitrogens with zero attached hydrogens (tertiary/aromatic N) is 2. The molecule has 0 aromatic carbocycles. The first-order chi connectivity index (χ1) is 9.18. The van der Waals surface area contributed by atoms with Crippen LogP contribution in [0.2, 0.25) is 0 Å². The van der Waals surface area contributed by atoms with Gasteiger partial charge in [0.05, 0.1) is 6.42 Å². The van der Waals surface area contributed by atoms with E-state index in [1.807, 2.05) is 0 Å². The fraction of sp³-hybridized carbons (Fsp3) is 0.538. The minimum absolute atomic E-state index is 0.00435. The molecular weight excluding hydrogens is 264 g/mol. The van der Waals surface area contributed by atoms with Crippen LogP contribution >= 0.6 is 0 Å². The highest BCUT2D eigenvalue weighted by Gasteiger charge is 2.41. The van der Waals surface area contributed by atoms with Crippen molar-refractivity contribution in [1.82, 2.24) is 9.80 Å². The molecule has 7 nitrogen and oxygen atoms in total. The lowest BCUT2D eigenvalue weighted by molar-refractivity contribution is -0.138. The van der Waals surface area contributed by atoms with Crippen LogP contribution < -0.4 is 0 Å². The molecule has 0 saturated carbocycles. The van der Waals surface area contributed by atoms with Crippen LogP contribution in [-0.2, 0) is 19.2 Å². The van der Waals surface area contributed by atoms with Crippen molar-refractivity contribution in [3.63, 3.8) is 0 Å². The number of carboxylic acids is 1. The molecule has 0 bridgehead atoms. The Morgan fingerprint density at radius 2 is 1.55 bits per heavy atom. The maximum atomic E-state index is 11.8. The second-order valence-corrected chi connectivity index (χ2v) is 4.74. The summed E-state index contributed by atoms with van der Waals surface area (Å²) in [5.74, 6) is -1.99. The fourth-order valence-electron chi connectivity index (χ4n) is 2.48. The van der Waals surface area contributed by atoms with E-state index in [1.54, 1.807) is 7.05 Å². The number of Topliss-reactive ketones (excluding diaryl/α,β-unsaturated/α-hetero) is 3. The molecule has 1 aliphatic heterocycles. The third-order valence-electron chi connectivity index (χ3n) is 3.12. The lowest BCUT2D eigenvalue weighted by atomic mass is 10.2. The summed E-state index contributed by atoms with van der Waals surface area (Å²) in [4.78, 5) is 48.8. The van der Waals surface area contributed by atoms with Gasteiger partial charge >= 0.3 is 5.97 Å². The van der Waals surface area contributed by atoms with E-state index in [-0.39, 0.29) is 41.7 Å². The van der Waals surface area contributed by atoms with E-state index in [1.165, 1.54) is 30.6 Å². The van der Waals surface area contributed by atoms with Gasteiger partial charge in [-0.2, -0.15) is 0 Å². The van der Waals surface area contributed by atoms with Crippen LogP contribution in [0.3, 0.4) is 0 Å². The molecule has 1 atom stereocenters. The van der Waals surface area contributed by atoms with Gasteiger partial charge in [-0.05, 0) is 6.92 Å². The van der Waals surface area contributed by atoms with Gasteiger partial charge in [0, 0.05) is 27.4 Å². The van der Waals surface area contributed by atoms with E-state index >= 15 is 0 Å². The van der Waals surface area contributed by atoms with Crippen LogP contribution in [0.5, 0.6) is 0 Å². The number of hydrogen-bond acceptors (Lipinski definition) is 6. The molecule has 0 radical (unpaired) electrons. The highest BCUT2D eigenvalue weighted by atomic mass is 16.4. The third kappa shape index (κ3) is 2.87. The molecular formula is C13H18N2O5. The van der Waals surface area contributed by atoms with Crippen molar-refractivity contribution in [3.8, 4) is 0 Å². The van der Waals surface area contributed by atoms with Gasteiger partial charge in [0.15, 0.2) is 23.5 Å². The molecule has 0 aromatic heterocycles. The number of aliphatic carboxylic acids is 1. The van der Waals surface area contributed by atoms with E-state index in [0.717, 1.165) is 0 Å². The minimum Gasteiger partial charge on any atom is -0.481 e. The minimum atomic E-state index is -1.03. The number of likely N-dealkylation sites (N-methyl/N-ethyl adjacent to an activating group) is 1. The summed E-state index contributed by atoms with van der Waals surface area (Å²) in [6.45, 7) is 3.94. The van der Waals surface area contributed by atoms with Crippen LogP contribution in [0, 0.1) is 0 Å². The molecule has 0 saturated heterocycles. The Labute approximate surface area is 116 Å². The number of rotatable bonds is 6. The molecule has 0 fully saturated rings. The largest absolute Gasteiger partial charge is 0.481 e. The highest BCUT2D eigenvalue weighted by molar-refractivity contribution is 6.06. The van der Waals surface area contributed by atoms with Crippen molar-refractivity contribution in [2.24, 2.45) is 0 Å². The molecule has 1 aliphatic rings. The molecule has 20 heavy (non-hydrogen) atoms. The summed E-state index contributed by atoms with van der Waals surface area (Å²) in [6.07, 6.45) is -1.04. The summed E-state index contributed by atoms with van der Waals surface area (Å²) in [7, 11) is 1.55. The topological polar surface area (TPSA) is 95.0 Å². The molecule has 1 heterocycles. The number of allylic oxidation sites excluding steroid dienone is 2. The molecule has 110 valence electrons. The summed E-state index contributed by atoms with van der Waals surface area (Å²) >= 11 is 0. The summed E-state index contributed by atoms with van der Waals surface area (Å²) in [5, 5.41) is 8.77. The predicted molar refractivity (Wildman–Crippen MR) is 69.6 cm³/mol. The zero-order valence-corrected chi connectivity index (χ0v) is 12.0. The Balaban J connectivity index is 3.29. The Morgan fingerprint density at radius 3 is 1.90 bits per heavy atom. The molecule has 0 aromatic rings. The van der Waals surface area contributed by atoms with Crippen molar-refractivity contribution in [2.45, 2.75) is 33.4 Å². The molecule has 1 N–H and O–H groups in total. The van der Waals surface area contributed by atoms with E-state index in [4.69, 9.17) is 5.11 Å². The van der Waals surface area contributed by atoms with Gasteiger partial charge in [-0.25, -0.2) is 0 Å². The van der Waals surface area contributed by atoms with Crippen molar-refractivity contribution in [2.75, 3.05) is 13.6 Å². The maximum Gasteiger partial charge on any atom is 0.305 e. The van der Waals surface area contributed by atoms with Gasteiger partial charge in [0.25, 0.3) is 0 Å². The van der Waals surface area contributed by atoms with Gasteiger partial charge in [-0.3, -0.25) is 19.2 Å².